The lowest BCUT2D eigenvalue weighted by Crippen LogP contribution is -2.46. The number of ether oxygens (including phenoxy) is 3. The molecule has 0 spiro atoms. The first kappa shape index (κ1) is 20.1. The van der Waals surface area contributed by atoms with Gasteiger partial charge in [0.15, 0.2) is 11.5 Å². The molecule has 1 saturated carbocycles. The molecular formula is C21H23N3O6S. The van der Waals surface area contributed by atoms with E-state index in [1.165, 1.54) is 16.4 Å². The number of carbonyl (C=O) groups excluding carboxylic acids is 1. The second kappa shape index (κ2) is 8.01. The summed E-state index contributed by atoms with van der Waals surface area (Å²) in [6, 6.07) is 7.30. The SMILES string of the molecule is O=C(NC1CC1)[C@@H]1C[C@H](Oc2cccnc2)CN1S(=O)(=O)c1ccc2c(c1)OCCO2. The molecule has 2 atom stereocenters. The zero-order chi connectivity index (χ0) is 21.4. The van der Waals surface area contributed by atoms with Gasteiger partial charge in [-0.2, -0.15) is 4.31 Å². The van der Waals surface area contributed by atoms with E-state index in [1.807, 2.05) is 0 Å². The quantitative estimate of drug-likeness (QED) is 0.715. The molecule has 31 heavy (non-hydrogen) atoms. The molecule has 9 nitrogen and oxygen atoms in total. The van der Waals surface area contributed by atoms with Crippen LogP contribution in [0, 0.1) is 0 Å². The molecule has 1 aliphatic carbocycles. The molecular weight excluding hydrogens is 422 g/mol. The van der Waals surface area contributed by atoms with E-state index in [0.29, 0.717) is 30.5 Å². The van der Waals surface area contributed by atoms with Crippen LogP contribution in [0.5, 0.6) is 17.2 Å². The second-order valence-electron chi connectivity index (χ2n) is 7.84. The van der Waals surface area contributed by atoms with Crippen molar-refractivity contribution in [1.82, 2.24) is 14.6 Å². The Hall–Kier alpha value is -2.85. The maximum absolute atomic E-state index is 13.5. The van der Waals surface area contributed by atoms with Crippen LogP contribution in [0.1, 0.15) is 19.3 Å². The Morgan fingerprint density at radius 1 is 1.16 bits per heavy atom. The van der Waals surface area contributed by atoms with Gasteiger partial charge in [0, 0.05) is 24.7 Å². The van der Waals surface area contributed by atoms with E-state index < -0.39 is 22.2 Å². The number of hydrogen-bond donors (Lipinski definition) is 1. The molecule has 1 aromatic heterocycles. The number of aromatic nitrogens is 1. The number of nitrogens with one attached hydrogen (secondary N) is 1. The number of amides is 1. The van der Waals surface area contributed by atoms with Gasteiger partial charge in [-0.25, -0.2) is 8.42 Å². The number of sulfonamides is 1. The van der Waals surface area contributed by atoms with Crippen molar-refractivity contribution in [2.75, 3.05) is 19.8 Å². The summed E-state index contributed by atoms with van der Waals surface area (Å²) in [5.41, 5.74) is 0. The van der Waals surface area contributed by atoms with Crippen molar-refractivity contribution in [2.45, 2.75) is 42.3 Å². The van der Waals surface area contributed by atoms with Gasteiger partial charge in [-0.05, 0) is 37.1 Å². The highest BCUT2D eigenvalue weighted by Crippen LogP contribution is 2.35. The summed E-state index contributed by atoms with van der Waals surface area (Å²) in [5.74, 6) is 1.13. The summed E-state index contributed by atoms with van der Waals surface area (Å²) >= 11 is 0. The number of pyridine rings is 1. The van der Waals surface area contributed by atoms with Gasteiger partial charge in [0.05, 0.1) is 17.6 Å². The van der Waals surface area contributed by atoms with Crippen LogP contribution in [0.4, 0.5) is 0 Å². The maximum atomic E-state index is 13.5. The van der Waals surface area contributed by atoms with Crippen molar-refractivity contribution in [1.29, 1.82) is 0 Å². The third-order valence-electron chi connectivity index (χ3n) is 5.50. The zero-order valence-corrected chi connectivity index (χ0v) is 17.6. The first-order valence-corrected chi connectivity index (χ1v) is 11.7. The molecule has 1 N–H and O–H groups in total. The lowest BCUT2D eigenvalue weighted by Gasteiger charge is -2.24. The van der Waals surface area contributed by atoms with Gasteiger partial charge in [0.2, 0.25) is 15.9 Å². The minimum atomic E-state index is -3.97. The Morgan fingerprint density at radius 3 is 2.71 bits per heavy atom. The van der Waals surface area contributed by atoms with Crippen LogP contribution in [0.25, 0.3) is 0 Å². The zero-order valence-electron chi connectivity index (χ0n) is 16.8. The molecule has 2 aliphatic heterocycles. The van der Waals surface area contributed by atoms with Crippen LogP contribution < -0.4 is 19.5 Å². The van der Waals surface area contributed by atoms with E-state index in [4.69, 9.17) is 14.2 Å². The molecule has 1 amide bonds. The van der Waals surface area contributed by atoms with E-state index >= 15 is 0 Å². The molecule has 5 rings (SSSR count). The Kier molecular flexibility index (Phi) is 5.19. The second-order valence-corrected chi connectivity index (χ2v) is 9.73. The third-order valence-corrected chi connectivity index (χ3v) is 7.37. The van der Waals surface area contributed by atoms with Crippen molar-refractivity contribution in [2.24, 2.45) is 0 Å². The molecule has 2 aromatic rings. The number of carbonyl (C=O) groups is 1. The normalized spacial score (nSPS) is 23.4. The van der Waals surface area contributed by atoms with Gasteiger partial charge in [0.1, 0.15) is 31.1 Å². The average molecular weight is 445 g/mol. The fourth-order valence-corrected chi connectivity index (χ4v) is 5.46. The van der Waals surface area contributed by atoms with Crippen LogP contribution in [-0.4, -0.2) is 61.6 Å². The van der Waals surface area contributed by atoms with E-state index in [2.05, 4.69) is 10.3 Å². The van der Waals surface area contributed by atoms with Crippen molar-refractivity contribution in [3.8, 4) is 17.2 Å². The lowest BCUT2D eigenvalue weighted by molar-refractivity contribution is -0.124. The van der Waals surface area contributed by atoms with Gasteiger partial charge in [0.25, 0.3) is 0 Å². The van der Waals surface area contributed by atoms with E-state index in [0.717, 1.165) is 12.8 Å². The molecule has 10 heteroatoms. The molecule has 164 valence electrons. The smallest absolute Gasteiger partial charge is 0.244 e. The summed E-state index contributed by atoms with van der Waals surface area (Å²) in [6.07, 6.45) is 4.83. The summed E-state index contributed by atoms with van der Waals surface area (Å²) < 4.78 is 45.2. The first-order valence-electron chi connectivity index (χ1n) is 10.3. The molecule has 3 aliphatic rings. The summed E-state index contributed by atoms with van der Waals surface area (Å²) in [6.45, 7) is 0.837. The molecule has 1 aromatic carbocycles. The van der Waals surface area contributed by atoms with Crippen molar-refractivity contribution in [3.63, 3.8) is 0 Å². The van der Waals surface area contributed by atoms with Crippen LogP contribution in [0.2, 0.25) is 0 Å². The van der Waals surface area contributed by atoms with Gasteiger partial charge in [-0.3, -0.25) is 9.78 Å². The summed E-state index contributed by atoms with van der Waals surface area (Å²) in [5, 5.41) is 2.93. The van der Waals surface area contributed by atoms with Crippen molar-refractivity contribution < 1.29 is 27.4 Å². The highest BCUT2D eigenvalue weighted by Gasteiger charge is 2.46. The predicted octanol–water partition coefficient (Wildman–Crippen LogP) is 1.34. The number of nitrogens with zero attached hydrogens (tertiary/aromatic N) is 2. The van der Waals surface area contributed by atoms with E-state index in [1.54, 1.807) is 30.6 Å². The highest BCUT2D eigenvalue weighted by molar-refractivity contribution is 7.89. The monoisotopic (exact) mass is 445 g/mol. The minimum Gasteiger partial charge on any atom is -0.487 e. The summed E-state index contributed by atoms with van der Waals surface area (Å²) in [4.78, 5) is 17.0. The molecule has 0 radical (unpaired) electrons. The number of rotatable bonds is 6. The van der Waals surface area contributed by atoms with Crippen LogP contribution in [-0.2, 0) is 14.8 Å². The Morgan fingerprint density at radius 2 is 1.97 bits per heavy atom. The Labute approximate surface area is 180 Å². The largest absolute Gasteiger partial charge is 0.487 e. The molecule has 3 heterocycles. The van der Waals surface area contributed by atoms with Gasteiger partial charge >= 0.3 is 0 Å². The predicted molar refractivity (Wildman–Crippen MR) is 110 cm³/mol. The first-order chi connectivity index (χ1) is 15.0. The fourth-order valence-electron chi connectivity index (χ4n) is 3.81. The van der Waals surface area contributed by atoms with Crippen LogP contribution >= 0.6 is 0 Å². The summed E-state index contributed by atoms with van der Waals surface area (Å²) in [7, 11) is -3.97. The standard InChI is InChI=1S/C21H23N3O6S/c25-21(23-14-3-4-14)18-10-16(30-15-2-1-7-22-12-15)13-24(18)31(26,27)17-5-6-19-20(11-17)29-9-8-28-19/h1-2,5-7,11-12,14,16,18H,3-4,8-10,13H2,(H,23,25)/t16-,18-/m0/s1. The Balaban J connectivity index is 1.42. The van der Waals surface area contributed by atoms with Crippen LogP contribution in [0.15, 0.2) is 47.6 Å². The van der Waals surface area contributed by atoms with Gasteiger partial charge in [-0.15, -0.1) is 0 Å². The topological polar surface area (TPSA) is 107 Å². The fraction of sp³-hybridized carbons (Fsp3) is 0.429. The average Bonchev–Trinajstić information content (AvgIpc) is 3.49. The van der Waals surface area contributed by atoms with Gasteiger partial charge < -0.3 is 19.5 Å². The highest BCUT2D eigenvalue weighted by atomic mass is 32.2. The maximum Gasteiger partial charge on any atom is 0.244 e. The number of fused-ring (bicyclic) bond motifs is 1. The van der Waals surface area contributed by atoms with Gasteiger partial charge in [-0.1, -0.05) is 0 Å². The van der Waals surface area contributed by atoms with Crippen molar-refractivity contribution >= 4 is 15.9 Å². The van der Waals surface area contributed by atoms with Crippen LogP contribution in [0.3, 0.4) is 0 Å². The Bertz CT molecular complexity index is 1070. The van der Waals surface area contributed by atoms with E-state index in [9.17, 15) is 13.2 Å². The molecule has 0 bridgehead atoms. The van der Waals surface area contributed by atoms with E-state index in [-0.39, 0.29) is 29.8 Å². The molecule has 0 unspecified atom stereocenters. The van der Waals surface area contributed by atoms with Crippen molar-refractivity contribution in [3.05, 3.63) is 42.7 Å². The number of hydrogen-bond acceptors (Lipinski definition) is 7. The third kappa shape index (κ3) is 4.17. The molecule has 2 fully saturated rings. The minimum absolute atomic E-state index is 0.0583. The lowest BCUT2D eigenvalue weighted by atomic mass is 10.2. The molecule has 1 saturated heterocycles. The number of benzene rings is 1.